The molecular formula is C15H25O3P. The van der Waals surface area contributed by atoms with Crippen LogP contribution in [-0.4, -0.2) is 10.00 Å². The maximum absolute atomic E-state index is 11.1. The van der Waals surface area contributed by atoms with E-state index in [9.17, 15) is 9.67 Å². The van der Waals surface area contributed by atoms with Gasteiger partial charge in [0.25, 0.3) is 0 Å². The lowest BCUT2D eigenvalue weighted by Gasteiger charge is -2.28. The van der Waals surface area contributed by atoms with Gasteiger partial charge >= 0.3 is 0 Å². The fourth-order valence-corrected chi connectivity index (χ4v) is 2.67. The molecular weight excluding hydrogens is 259 g/mol. The van der Waals surface area contributed by atoms with E-state index in [1.807, 2.05) is 53.7 Å². The third-order valence-electron chi connectivity index (χ3n) is 3.14. The third-order valence-corrected chi connectivity index (χ3v) is 3.85. The molecule has 0 aliphatic carbocycles. The van der Waals surface area contributed by atoms with E-state index in [0.29, 0.717) is 5.75 Å². The number of aromatic hydroxyl groups is 1. The summed E-state index contributed by atoms with van der Waals surface area (Å²) in [7, 11) is -2.55. The van der Waals surface area contributed by atoms with Crippen molar-refractivity contribution in [2.24, 2.45) is 0 Å². The minimum absolute atomic E-state index is 0.164. The molecule has 0 aliphatic heterocycles. The lowest BCUT2D eigenvalue weighted by atomic mass is 9.78. The molecule has 1 atom stereocenters. The molecule has 1 unspecified atom stereocenters. The van der Waals surface area contributed by atoms with Crippen LogP contribution in [0.25, 0.3) is 0 Å². The average Bonchev–Trinajstić information content (AvgIpc) is 2.16. The number of hydrogen-bond donors (Lipinski definition) is 2. The number of phenolic OH excluding ortho intramolecular Hbond substituents is 1. The molecule has 0 radical (unpaired) electrons. The Morgan fingerprint density at radius 2 is 1.37 bits per heavy atom. The van der Waals surface area contributed by atoms with E-state index in [-0.39, 0.29) is 17.0 Å². The smallest absolute Gasteiger partial charge is 0.193 e. The highest BCUT2D eigenvalue weighted by molar-refractivity contribution is 7.37. The summed E-state index contributed by atoms with van der Waals surface area (Å²) in [5, 5.41) is 10.5. The van der Waals surface area contributed by atoms with Crippen LogP contribution in [0.15, 0.2) is 12.1 Å². The molecule has 1 aromatic carbocycles. The van der Waals surface area contributed by atoms with E-state index in [1.54, 1.807) is 0 Å². The fraction of sp³-hybridized carbons (Fsp3) is 0.600. The minimum atomic E-state index is -2.55. The molecule has 0 heterocycles. The molecule has 0 saturated carbocycles. The van der Waals surface area contributed by atoms with Gasteiger partial charge in [0.05, 0.1) is 0 Å². The summed E-state index contributed by atoms with van der Waals surface area (Å²) in [6, 6.07) is 3.70. The van der Waals surface area contributed by atoms with Crippen molar-refractivity contribution >= 4 is 8.03 Å². The van der Waals surface area contributed by atoms with E-state index >= 15 is 0 Å². The van der Waals surface area contributed by atoms with Crippen LogP contribution in [0.1, 0.15) is 58.2 Å². The topological polar surface area (TPSA) is 57.5 Å². The maximum atomic E-state index is 11.1. The minimum Gasteiger partial charge on any atom is -0.507 e. The van der Waals surface area contributed by atoms with E-state index in [0.717, 1.165) is 16.7 Å². The molecule has 0 fully saturated rings. The summed E-state index contributed by atoms with van der Waals surface area (Å²) in [5.74, 6) is 0.307. The van der Waals surface area contributed by atoms with Crippen molar-refractivity contribution in [1.29, 1.82) is 0 Å². The predicted octanol–water partition coefficient (Wildman–Crippen LogP) is 3.95. The highest BCUT2D eigenvalue weighted by atomic mass is 31.1. The van der Waals surface area contributed by atoms with Crippen molar-refractivity contribution in [3.8, 4) is 5.75 Å². The van der Waals surface area contributed by atoms with Gasteiger partial charge in [0.2, 0.25) is 0 Å². The zero-order valence-corrected chi connectivity index (χ0v) is 13.7. The van der Waals surface area contributed by atoms with Crippen molar-refractivity contribution in [2.45, 2.75) is 58.5 Å². The average molecular weight is 284 g/mol. The molecule has 2 N–H and O–H groups in total. The first-order valence-corrected chi connectivity index (χ1v) is 8.08. The third kappa shape index (κ3) is 4.09. The quantitative estimate of drug-likeness (QED) is 0.808. The van der Waals surface area contributed by atoms with Gasteiger partial charge < -0.3 is 10.00 Å². The second-order valence-corrected chi connectivity index (χ2v) is 8.25. The zero-order valence-electron chi connectivity index (χ0n) is 12.7. The molecule has 0 amide bonds. The Bertz CT molecular complexity index is 458. The number of benzene rings is 1. The molecule has 19 heavy (non-hydrogen) atoms. The van der Waals surface area contributed by atoms with Gasteiger partial charge in [-0.15, -0.1) is 0 Å². The molecule has 1 rings (SSSR count). The van der Waals surface area contributed by atoms with Gasteiger partial charge in [-0.05, 0) is 27.5 Å². The molecule has 0 aliphatic rings. The zero-order chi connectivity index (χ0) is 15.0. The largest absolute Gasteiger partial charge is 0.507 e. The Kier molecular flexibility index (Phi) is 4.54. The van der Waals surface area contributed by atoms with Crippen molar-refractivity contribution in [3.63, 3.8) is 0 Å². The van der Waals surface area contributed by atoms with Gasteiger partial charge in [-0.2, -0.15) is 0 Å². The summed E-state index contributed by atoms with van der Waals surface area (Å²) in [6.45, 7) is 12.2. The fourth-order valence-electron chi connectivity index (χ4n) is 2.11. The van der Waals surface area contributed by atoms with Crippen LogP contribution in [0.5, 0.6) is 5.75 Å². The van der Waals surface area contributed by atoms with Crippen molar-refractivity contribution in [2.75, 3.05) is 0 Å². The summed E-state index contributed by atoms with van der Waals surface area (Å²) in [4.78, 5) is 9.15. The van der Waals surface area contributed by atoms with E-state index in [2.05, 4.69) is 0 Å². The molecule has 0 bridgehead atoms. The van der Waals surface area contributed by atoms with Crippen LogP contribution < -0.4 is 0 Å². The Labute approximate surface area is 116 Å². The Morgan fingerprint density at radius 1 is 1.00 bits per heavy atom. The highest BCUT2D eigenvalue weighted by Gasteiger charge is 2.26. The van der Waals surface area contributed by atoms with E-state index < -0.39 is 8.03 Å². The SMILES string of the molecule is CC(C)(C)c1cc(C[PH](=O)O)cc(C(C)(C)C)c1O. The monoisotopic (exact) mass is 284 g/mol. The highest BCUT2D eigenvalue weighted by Crippen LogP contribution is 2.40. The number of hydrogen-bond acceptors (Lipinski definition) is 2. The molecule has 0 aromatic heterocycles. The van der Waals surface area contributed by atoms with Crippen LogP contribution in [0.3, 0.4) is 0 Å². The van der Waals surface area contributed by atoms with E-state index in [1.165, 1.54) is 0 Å². The van der Waals surface area contributed by atoms with Gasteiger partial charge in [-0.1, -0.05) is 53.7 Å². The van der Waals surface area contributed by atoms with Crippen LogP contribution in [-0.2, 0) is 21.6 Å². The Balaban J connectivity index is 3.52. The second-order valence-electron chi connectivity index (χ2n) is 7.11. The normalized spacial score (nSPS) is 14.5. The van der Waals surface area contributed by atoms with Crippen LogP contribution in [0.4, 0.5) is 0 Å². The van der Waals surface area contributed by atoms with Crippen molar-refractivity contribution in [3.05, 3.63) is 28.8 Å². The lowest BCUT2D eigenvalue weighted by Crippen LogP contribution is -2.17. The van der Waals surface area contributed by atoms with Crippen LogP contribution in [0, 0.1) is 0 Å². The van der Waals surface area contributed by atoms with Crippen molar-refractivity contribution in [1.82, 2.24) is 0 Å². The van der Waals surface area contributed by atoms with Crippen molar-refractivity contribution < 1.29 is 14.6 Å². The molecule has 1 aromatic rings. The van der Waals surface area contributed by atoms with Gasteiger partial charge in [0.1, 0.15) is 5.75 Å². The summed E-state index contributed by atoms with van der Waals surface area (Å²) >= 11 is 0. The predicted molar refractivity (Wildman–Crippen MR) is 80.4 cm³/mol. The standard InChI is InChI=1S/C15H25O3P/c1-14(2,3)11-7-10(9-19(17)18)8-12(13(11)16)15(4,5)6/h7-8,16,19H,9H2,1-6H3,(H,17,18). The van der Waals surface area contributed by atoms with Gasteiger partial charge in [-0.3, -0.25) is 4.57 Å². The summed E-state index contributed by atoms with van der Waals surface area (Å²) in [5.41, 5.74) is 2.08. The first-order valence-electron chi connectivity index (χ1n) is 6.51. The van der Waals surface area contributed by atoms with Gasteiger partial charge in [0.15, 0.2) is 8.03 Å². The molecule has 3 nitrogen and oxygen atoms in total. The molecule has 0 saturated heterocycles. The Hall–Kier alpha value is -0.790. The van der Waals surface area contributed by atoms with Gasteiger partial charge in [0, 0.05) is 6.16 Å². The number of phenols is 1. The summed E-state index contributed by atoms with van der Waals surface area (Å²) in [6.07, 6.45) is 0.164. The first-order chi connectivity index (χ1) is 8.43. The maximum Gasteiger partial charge on any atom is 0.193 e. The second kappa shape index (κ2) is 5.30. The molecule has 0 spiro atoms. The summed E-state index contributed by atoms with van der Waals surface area (Å²) < 4.78 is 11.1. The van der Waals surface area contributed by atoms with Gasteiger partial charge in [-0.25, -0.2) is 0 Å². The molecule has 108 valence electrons. The first kappa shape index (κ1) is 16.3. The Morgan fingerprint density at radius 3 is 1.63 bits per heavy atom. The van der Waals surface area contributed by atoms with Crippen LogP contribution >= 0.6 is 8.03 Å². The lowest BCUT2D eigenvalue weighted by molar-refractivity contribution is 0.422. The number of rotatable bonds is 2. The molecule has 4 heteroatoms. The van der Waals surface area contributed by atoms with E-state index in [4.69, 9.17) is 4.89 Å². The van der Waals surface area contributed by atoms with Crippen LogP contribution in [0.2, 0.25) is 0 Å².